The van der Waals surface area contributed by atoms with Crippen LogP contribution in [0, 0.1) is 5.92 Å². The van der Waals surface area contributed by atoms with Crippen LogP contribution in [0.15, 0.2) is 24.3 Å². The summed E-state index contributed by atoms with van der Waals surface area (Å²) in [5.74, 6) is -0.283. The molecular formula is C17H22ClNO3. The van der Waals surface area contributed by atoms with E-state index in [1.165, 1.54) is 6.42 Å². The molecule has 4 nitrogen and oxygen atoms in total. The maximum absolute atomic E-state index is 12.2. The molecule has 2 rings (SSSR count). The molecule has 120 valence electrons. The lowest BCUT2D eigenvalue weighted by atomic mass is 9.86. The van der Waals surface area contributed by atoms with Crippen LogP contribution in [-0.4, -0.2) is 24.0 Å². The van der Waals surface area contributed by atoms with Crippen molar-refractivity contribution in [3.8, 4) is 0 Å². The van der Waals surface area contributed by atoms with Crippen LogP contribution < -0.4 is 5.32 Å². The number of hydrogen-bond donors (Lipinski definition) is 1. The van der Waals surface area contributed by atoms with E-state index in [1.54, 1.807) is 31.2 Å². The summed E-state index contributed by atoms with van der Waals surface area (Å²) in [5, 5.41) is 3.55. The molecule has 1 aromatic rings. The van der Waals surface area contributed by atoms with Crippen LogP contribution in [0.4, 0.5) is 0 Å². The van der Waals surface area contributed by atoms with Crippen molar-refractivity contribution in [3.63, 3.8) is 0 Å². The Morgan fingerprint density at radius 3 is 2.50 bits per heavy atom. The second-order valence-corrected chi connectivity index (χ2v) is 6.37. The SMILES string of the molecule is C[C@@H](OC(=O)c1ccc(Cl)cc1)C(=O)N[C@H]1CCCC[C@@H]1C. The number of benzene rings is 1. The van der Waals surface area contributed by atoms with Crippen molar-refractivity contribution in [1.82, 2.24) is 5.32 Å². The molecule has 1 N–H and O–H groups in total. The molecule has 1 aliphatic carbocycles. The zero-order valence-electron chi connectivity index (χ0n) is 13.0. The molecule has 5 heteroatoms. The first-order valence-corrected chi connectivity index (χ1v) is 8.12. The Kier molecular flexibility index (Phi) is 5.83. The van der Waals surface area contributed by atoms with Gasteiger partial charge < -0.3 is 10.1 Å². The molecule has 1 fully saturated rings. The number of hydrogen-bond acceptors (Lipinski definition) is 3. The fraction of sp³-hybridized carbons (Fsp3) is 0.529. The molecule has 0 unspecified atom stereocenters. The highest BCUT2D eigenvalue weighted by molar-refractivity contribution is 6.30. The van der Waals surface area contributed by atoms with Crippen LogP contribution in [-0.2, 0) is 9.53 Å². The number of nitrogens with one attached hydrogen (secondary N) is 1. The zero-order valence-corrected chi connectivity index (χ0v) is 13.7. The van der Waals surface area contributed by atoms with Crippen molar-refractivity contribution in [2.45, 2.75) is 51.7 Å². The summed E-state index contributed by atoms with van der Waals surface area (Å²) >= 11 is 5.78. The lowest BCUT2D eigenvalue weighted by Crippen LogP contribution is -2.45. The van der Waals surface area contributed by atoms with Gasteiger partial charge in [-0.2, -0.15) is 0 Å². The first kappa shape index (κ1) is 16.8. The van der Waals surface area contributed by atoms with Gasteiger partial charge in [-0.15, -0.1) is 0 Å². The Morgan fingerprint density at radius 1 is 1.23 bits per heavy atom. The maximum atomic E-state index is 12.2. The van der Waals surface area contributed by atoms with Gasteiger partial charge in [-0.05, 0) is 49.9 Å². The van der Waals surface area contributed by atoms with E-state index in [0.717, 1.165) is 19.3 Å². The van der Waals surface area contributed by atoms with Gasteiger partial charge in [0.2, 0.25) is 0 Å². The molecule has 0 aliphatic heterocycles. The molecule has 0 saturated heterocycles. The monoisotopic (exact) mass is 323 g/mol. The molecule has 0 spiro atoms. The molecular weight excluding hydrogens is 302 g/mol. The van der Waals surface area contributed by atoms with Gasteiger partial charge in [0.25, 0.3) is 5.91 Å². The van der Waals surface area contributed by atoms with Crippen LogP contribution in [0.25, 0.3) is 0 Å². The minimum absolute atomic E-state index is 0.179. The minimum Gasteiger partial charge on any atom is -0.449 e. The van der Waals surface area contributed by atoms with Crippen LogP contribution in [0.3, 0.4) is 0 Å². The number of carbonyl (C=O) groups excluding carboxylic acids is 2. The molecule has 3 atom stereocenters. The van der Waals surface area contributed by atoms with Gasteiger partial charge >= 0.3 is 5.97 Å². The first-order chi connectivity index (χ1) is 10.5. The van der Waals surface area contributed by atoms with Crippen LogP contribution in [0.5, 0.6) is 0 Å². The van der Waals surface area contributed by atoms with Crippen LogP contribution in [0.1, 0.15) is 49.9 Å². The maximum Gasteiger partial charge on any atom is 0.338 e. The molecule has 0 heterocycles. The van der Waals surface area contributed by atoms with Crippen LogP contribution in [0.2, 0.25) is 5.02 Å². The fourth-order valence-electron chi connectivity index (χ4n) is 2.70. The summed E-state index contributed by atoms with van der Waals surface area (Å²) in [7, 11) is 0. The molecule has 0 bridgehead atoms. The van der Waals surface area contributed by atoms with Gasteiger partial charge in [-0.1, -0.05) is 31.4 Å². The third-order valence-corrected chi connectivity index (χ3v) is 4.42. The quantitative estimate of drug-likeness (QED) is 0.862. The number of ether oxygens (including phenoxy) is 1. The number of esters is 1. The number of halogens is 1. The zero-order chi connectivity index (χ0) is 16.1. The number of rotatable bonds is 4. The smallest absolute Gasteiger partial charge is 0.338 e. The Morgan fingerprint density at radius 2 is 1.86 bits per heavy atom. The van der Waals surface area contributed by atoms with Gasteiger partial charge in [0.15, 0.2) is 6.10 Å². The summed E-state index contributed by atoms with van der Waals surface area (Å²) in [5.41, 5.74) is 0.384. The summed E-state index contributed by atoms with van der Waals surface area (Å²) in [4.78, 5) is 24.2. The highest BCUT2D eigenvalue weighted by Gasteiger charge is 2.26. The summed E-state index contributed by atoms with van der Waals surface area (Å²) in [6, 6.07) is 6.58. The van der Waals surface area contributed by atoms with Crippen molar-refractivity contribution in [2.75, 3.05) is 0 Å². The second kappa shape index (κ2) is 7.63. The third kappa shape index (κ3) is 4.47. The van der Waals surface area contributed by atoms with Crippen molar-refractivity contribution < 1.29 is 14.3 Å². The van der Waals surface area contributed by atoms with E-state index in [1.807, 2.05) is 0 Å². The lowest BCUT2D eigenvalue weighted by molar-refractivity contribution is -0.130. The van der Waals surface area contributed by atoms with Crippen molar-refractivity contribution in [2.24, 2.45) is 5.92 Å². The number of carbonyl (C=O) groups is 2. The molecule has 0 aromatic heterocycles. The third-order valence-electron chi connectivity index (χ3n) is 4.17. The van der Waals surface area contributed by atoms with Gasteiger partial charge in [-0.25, -0.2) is 4.79 Å². The summed E-state index contributed by atoms with van der Waals surface area (Å²) < 4.78 is 5.22. The standard InChI is InChI=1S/C17H22ClNO3/c1-11-5-3-4-6-15(11)19-16(20)12(2)22-17(21)13-7-9-14(18)10-8-13/h7-12,15H,3-6H2,1-2H3,(H,19,20)/t11-,12+,15-/m0/s1. The highest BCUT2D eigenvalue weighted by Crippen LogP contribution is 2.23. The largest absolute Gasteiger partial charge is 0.449 e. The predicted octanol–water partition coefficient (Wildman–Crippen LogP) is 3.58. The van der Waals surface area contributed by atoms with Gasteiger partial charge in [0.1, 0.15) is 0 Å². The normalized spacial score (nSPS) is 22.7. The first-order valence-electron chi connectivity index (χ1n) is 7.74. The fourth-order valence-corrected chi connectivity index (χ4v) is 2.82. The average molecular weight is 324 g/mol. The van der Waals surface area contributed by atoms with Gasteiger partial charge in [0, 0.05) is 11.1 Å². The lowest BCUT2D eigenvalue weighted by Gasteiger charge is -2.30. The topological polar surface area (TPSA) is 55.4 Å². The minimum atomic E-state index is -0.808. The molecule has 0 radical (unpaired) electrons. The Hall–Kier alpha value is -1.55. The van der Waals surface area contributed by atoms with Gasteiger partial charge in [-0.3, -0.25) is 4.79 Å². The molecule has 1 aliphatic rings. The van der Waals surface area contributed by atoms with E-state index in [9.17, 15) is 9.59 Å². The van der Waals surface area contributed by atoms with Crippen molar-refractivity contribution in [3.05, 3.63) is 34.9 Å². The van der Waals surface area contributed by atoms with E-state index in [-0.39, 0.29) is 11.9 Å². The molecule has 1 aromatic carbocycles. The van der Waals surface area contributed by atoms with E-state index < -0.39 is 12.1 Å². The second-order valence-electron chi connectivity index (χ2n) is 5.93. The van der Waals surface area contributed by atoms with E-state index in [2.05, 4.69) is 12.2 Å². The number of amides is 1. The van der Waals surface area contributed by atoms with Crippen LogP contribution >= 0.6 is 11.6 Å². The summed E-state index contributed by atoms with van der Waals surface area (Å²) in [6.07, 6.45) is 3.66. The molecule has 22 heavy (non-hydrogen) atoms. The Balaban J connectivity index is 1.87. The highest BCUT2D eigenvalue weighted by atomic mass is 35.5. The van der Waals surface area contributed by atoms with E-state index in [4.69, 9.17) is 16.3 Å². The van der Waals surface area contributed by atoms with Crippen molar-refractivity contribution >= 4 is 23.5 Å². The Bertz CT molecular complexity index is 529. The predicted molar refractivity (Wildman–Crippen MR) is 85.9 cm³/mol. The Labute approximate surface area is 136 Å². The van der Waals surface area contributed by atoms with E-state index >= 15 is 0 Å². The van der Waals surface area contributed by atoms with Gasteiger partial charge in [0.05, 0.1) is 5.56 Å². The molecule has 1 saturated carbocycles. The molecule has 1 amide bonds. The average Bonchev–Trinajstić information content (AvgIpc) is 2.50. The van der Waals surface area contributed by atoms with E-state index in [0.29, 0.717) is 16.5 Å². The summed E-state index contributed by atoms with van der Waals surface area (Å²) in [6.45, 7) is 3.74. The van der Waals surface area contributed by atoms with Crippen molar-refractivity contribution in [1.29, 1.82) is 0 Å².